The van der Waals surface area contributed by atoms with E-state index in [1.807, 2.05) is 0 Å². The standard InChI is InChI=1S/C14H19N5O2/c1-10-4-2-3-7-14(10,9-16)18-13-6-5-12(19(20)21)11(8-15)17-13/h5-6,10H,2-4,7,9,16H2,1H3,(H,17,18). The number of pyridine rings is 1. The number of anilines is 1. The van der Waals surface area contributed by atoms with Crippen molar-refractivity contribution in [2.24, 2.45) is 11.7 Å². The van der Waals surface area contributed by atoms with Crippen molar-refractivity contribution in [3.8, 4) is 6.07 Å². The Hall–Kier alpha value is -2.20. The highest BCUT2D eigenvalue weighted by atomic mass is 16.6. The van der Waals surface area contributed by atoms with Crippen LogP contribution in [0.25, 0.3) is 0 Å². The molecule has 7 nitrogen and oxygen atoms in total. The molecule has 0 amide bonds. The smallest absolute Gasteiger partial charge is 0.305 e. The van der Waals surface area contributed by atoms with Crippen molar-refractivity contribution in [3.05, 3.63) is 27.9 Å². The fraction of sp³-hybridized carbons (Fsp3) is 0.571. The van der Waals surface area contributed by atoms with Crippen molar-refractivity contribution in [1.29, 1.82) is 5.26 Å². The van der Waals surface area contributed by atoms with E-state index in [9.17, 15) is 10.1 Å². The van der Waals surface area contributed by atoms with Crippen molar-refractivity contribution in [2.45, 2.75) is 38.1 Å². The van der Waals surface area contributed by atoms with Crippen LogP contribution in [-0.2, 0) is 0 Å². The first-order chi connectivity index (χ1) is 10.0. The topological polar surface area (TPSA) is 118 Å². The number of nitrogens with zero attached hydrogens (tertiary/aromatic N) is 3. The second-order valence-corrected chi connectivity index (χ2v) is 5.57. The lowest BCUT2D eigenvalue weighted by Crippen LogP contribution is -2.52. The van der Waals surface area contributed by atoms with Crippen molar-refractivity contribution in [2.75, 3.05) is 11.9 Å². The lowest BCUT2D eigenvalue weighted by molar-refractivity contribution is -0.385. The molecule has 0 spiro atoms. The van der Waals surface area contributed by atoms with Crippen LogP contribution in [0.2, 0.25) is 0 Å². The van der Waals surface area contributed by atoms with Crippen LogP contribution in [0.5, 0.6) is 0 Å². The van der Waals surface area contributed by atoms with Gasteiger partial charge in [-0.3, -0.25) is 10.1 Å². The summed E-state index contributed by atoms with van der Waals surface area (Å²) in [5.74, 6) is 0.857. The van der Waals surface area contributed by atoms with E-state index in [1.54, 1.807) is 6.07 Å². The zero-order chi connectivity index (χ0) is 15.5. The van der Waals surface area contributed by atoms with E-state index in [0.29, 0.717) is 18.3 Å². The number of rotatable bonds is 4. The van der Waals surface area contributed by atoms with Crippen LogP contribution in [0.15, 0.2) is 12.1 Å². The quantitative estimate of drug-likeness (QED) is 0.648. The fourth-order valence-electron chi connectivity index (χ4n) is 2.96. The van der Waals surface area contributed by atoms with Crippen LogP contribution in [0, 0.1) is 27.4 Å². The summed E-state index contributed by atoms with van der Waals surface area (Å²) in [7, 11) is 0. The summed E-state index contributed by atoms with van der Waals surface area (Å²) in [5.41, 5.74) is 5.25. The number of aromatic nitrogens is 1. The highest BCUT2D eigenvalue weighted by molar-refractivity contribution is 5.51. The van der Waals surface area contributed by atoms with Crippen LogP contribution >= 0.6 is 0 Å². The van der Waals surface area contributed by atoms with Crippen LogP contribution < -0.4 is 11.1 Å². The molecule has 0 aromatic carbocycles. The van der Waals surface area contributed by atoms with Gasteiger partial charge in [0.25, 0.3) is 0 Å². The molecule has 1 aliphatic rings. The SMILES string of the molecule is CC1CCCCC1(CN)Nc1ccc([N+](=O)[O-])c(C#N)n1. The van der Waals surface area contributed by atoms with Gasteiger partial charge in [-0.1, -0.05) is 19.8 Å². The molecule has 2 unspecified atom stereocenters. The van der Waals surface area contributed by atoms with Gasteiger partial charge in [-0.25, -0.2) is 4.98 Å². The Balaban J connectivity index is 2.30. The van der Waals surface area contributed by atoms with E-state index in [1.165, 1.54) is 18.6 Å². The van der Waals surface area contributed by atoms with E-state index < -0.39 is 4.92 Å². The van der Waals surface area contributed by atoms with Crippen LogP contribution in [0.4, 0.5) is 11.5 Å². The van der Waals surface area contributed by atoms with Gasteiger partial charge >= 0.3 is 5.69 Å². The predicted octanol–water partition coefficient (Wildman–Crippen LogP) is 2.18. The summed E-state index contributed by atoms with van der Waals surface area (Å²) in [4.78, 5) is 14.3. The minimum Gasteiger partial charge on any atom is -0.363 e. The van der Waals surface area contributed by atoms with Crippen LogP contribution in [-0.4, -0.2) is 22.0 Å². The molecule has 1 aliphatic carbocycles. The largest absolute Gasteiger partial charge is 0.363 e. The lowest BCUT2D eigenvalue weighted by Gasteiger charge is -2.43. The van der Waals surface area contributed by atoms with Crippen molar-refractivity contribution in [1.82, 2.24) is 4.98 Å². The Morgan fingerprint density at radius 2 is 2.38 bits per heavy atom. The predicted molar refractivity (Wildman–Crippen MR) is 78.6 cm³/mol. The minimum atomic E-state index is -0.600. The van der Waals surface area contributed by atoms with Gasteiger partial charge in [0, 0.05) is 12.6 Å². The van der Waals surface area contributed by atoms with E-state index >= 15 is 0 Å². The summed E-state index contributed by atoms with van der Waals surface area (Å²) >= 11 is 0. The minimum absolute atomic E-state index is 0.180. The third kappa shape index (κ3) is 2.95. The highest BCUT2D eigenvalue weighted by Gasteiger charge is 2.37. The first-order valence-corrected chi connectivity index (χ1v) is 7.06. The molecule has 0 saturated heterocycles. The second kappa shape index (κ2) is 6.06. The summed E-state index contributed by atoms with van der Waals surface area (Å²) in [5, 5.41) is 23.2. The van der Waals surface area contributed by atoms with Crippen molar-refractivity contribution < 1.29 is 4.92 Å². The Labute approximate surface area is 123 Å². The van der Waals surface area contributed by atoms with E-state index in [2.05, 4.69) is 17.2 Å². The normalized spacial score (nSPS) is 25.1. The molecule has 3 N–H and O–H groups in total. The Morgan fingerprint density at radius 1 is 1.62 bits per heavy atom. The maximum atomic E-state index is 10.8. The zero-order valence-corrected chi connectivity index (χ0v) is 12.0. The third-order valence-corrected chi connectivity index (χ3v) is 4.37. The van der Waals surface area contributed by atoms with Crippen molar-refractivity contribution >= 4 is 11.5 Å². The van der Waals surface area contributed by atoms with E-state index in [0.717, 1.165) is 19.3 Å². The second-order valence-electron chi connectivity index (χ2n) is 5.57. The number of nitrogens with two attached hydrogens (primary N) is 1. The van der Waals surface area contributed by atoms with Crippen molar-refractivity contribution in [3.63, 3.8) is 0 Å². The lowest BCUT2D eigenvalue weighted by atomic mass is 9.73. The molecule has 0 aliphatic heterocycles. The first kappa shape index (κ1) is 15.2. The molecule has 21 heavy (non-hydrogen) atoms. The van der Waals surface area contributed by atoms with Crippen LogP contribution in [0.1, 0.15) is 38.3 Å². The van der Waals surface area contributed by atoms with Gasteiger partial charge in [-0.05, 0) is 24.8 Å². The Bertz CT molecular complexity index is 583. The molecule has 0 radical (unpaired) electrons. The monoisotopic (exact) mass is 289 g/mol. The van der Waals surface area contributed by atoms with Gasteiger partial charge in [0.1, 0.15) is 11.9 Å². The molecule has 0 bridgehead atoms. The van der Waals surface area contributed by atoms with E-state index in [4.69, 9.17) is 11.0 Å². The van der Waals surface area contributed by atoms with Gasteiger partial charge in [0.15, 0.2) is 0 Å². The Morgan fingerprint density at radius 3 is 2.95 bits per heavy atom. The molecule has 1 heterocycles. The number of hydrogen-bond acceptors (Lipinski definition) is 6. The summed E-state index contributed by atoms with van der Waals surface area (Å²) < 4.78 is 0. The third-order valence-electron chi connectivity index (χ3n) is 4.37. The summed E-state index contributed by atoms with van der Waals surface area (Å²) in [6.45, 7) is 2.62. The number of nitrogens with one attached hydrogen (secondary N) is 1. The molecular formula is C14H19N5O2. The summed E-state index contributed by atoms with van der Waals surface area (Å²) in [6.07, 6.45) is 4.29. The Kier molecular flexibility index (Phi) is 4.38. The van der Waals surface area contributed by atoms with E-state index in [-0.39, 0.29) is 16.9 Å². The highest BCUT2D eigenvalue weighted by Crippen LogP contribution is 2.35. The first-order valence-electron chi connectivity index (χ1n) is 7.06. The molecule has 1 saturated carbocycles. The van der Waals surface area contributed by atoms with Gasteiger partial charge in [0.2, 0.25) is 5.69 Å². The zero-order valence-electron chi connectivity index (χ0n) is 12.0. The molecule has 112 valence electrons. The van der Waals surface area contributed by atoms with Gasteiger partial charge in [0.05, 0.1) is 10.5 Å². The molecule has 1 aromatic rings. The molecule has 2 atom stereocenters. The molecule has 7 heteroatoms. The molecule has 2 rings (SSSR count). The molecule has 1 aromatic heterocycles. The average molecular weight is 289 g/mol. The maximum Gasteiger partial charge on any atom is 0.305 e. The summed E-state index contributed by atoms with van der Waals surface area (Å²) in [6, 6.07) is 4.62. The van der Waals surface area contributed by atoms with Gasteiger partial charge < -0.3 is 11.1 Å². The molecular weight excluding hydrogens is 270 g/mol. The number of nitro groups is 1. The number of nitriles is 1. The van der Waals surface area contributed by atoms with Crippen LogP contribution in [0.3, 0.4) is 0 Å². The molecule has 1 fully saturated rings. The number of hydrogen-bond donors (Lipinski definition) is 2. The fourth-order valence-corrected chi connectivity index (χ4v) is 2.96. The van der Waals surface area contributed by atoms with Gasteiger partial charge in [-0.15, -0.1) is 0 Å². The van der Waals surface area contributed by atoms with Gasteiger partial charge in [-0.2, -0.15) is 5.26 Å². The maximum absolute atomic E-state index is 10.8. The average Bonchev–Trinajstić information content (AvgIpc) is 2.49.